The van der Waals surface area contributed by atoms with Gasteiger partial charge in [0, 0.05) is 11.9 Å². The lowest BCUT2D eigenvalue weighted by atomic mass is 10.2. The molecule has 1 heterocycles. The lowest BCUT2D eigenvalue weighted by molar-refractivity contribution is -0.119. The highest BCUT2D eigenvalue weighted by Gasteiger charge is 2.17. The molecule has 1 amide bonds. The Hall–Kier alpha value is -1.89. The van der Waals surface area contributed by atoms with E-state index in [0.29, 0.717) is 5.69 Å². The molecule has 2 rings (SSSR count). The monoisotopic (exact) mass is 326 g/mol. The fraction of sp³-hybridized carbons (Fsp3) is 0.167. The Bertz CT molecular complexity index is 614. The van der Waals surface area contributed by atoms with Crippen LogP contribution in [-0.2, 0) is 4.79 Å². The molecule has 1 aromatic heterocycles. The highest BCUT2D eigenvalue weighted by atomic mass is 79.9. The molecule has 0 radical (unpaired) electrons. The van der Waals surface area contributed by atoms with E-state index in [1.807, 2.05) is 0 Å². The summed E-state index contributed by atoms with van der Waals surface area (Å²) in [6.45, 7) is 1.67. The Kier molecular flexibility index (Phi) is 3.84. The second-order valence-electron chi connectivity index (χ2n) is 4.04. The van der Waals surface area contributed by atoms with Crippen molar-refractivity contribution < 1.29 is 9.18 Å². The Labute approximate surface area is 117 Å². The summed E-state index contributed by atoms with van der Waals surface area (Å²) in [6, 6.07) is 3.45. The average Bonchev–Trinajstić information content (AvgIpc) is 2.79. The van der Waals surface area contributed by atoms with Crippen LogP contribution in [0.15, 0.2) is 35.1 Å². The van der Waals surface area contributed by atoms with Gasteiger partial charge in [-0.05, 0) is 41.1 Å². The van der Waals surface area contributed by atoms with Crippen molar-refractivity contribution in [3.63, 3.8) is 0 Å². The van der Waals surface area contributed by atoms with Gasteiger partial charge in [-0.15, -0.1) is 0 Å². The number of benzene rings is 1. The maximum absolute atomic E-state index is 13.5. The minimum atomic E-state index is -0.563. The molecule has 0 saturated carbocycles. The van der Waals surface area contributed by atoms with Crippen molar-refractivity contribution in [3.8, 4) is 0 Å². The highest BCUT2D eigenvalue weighted by molar-refractivity contribution is 9.10. The lowest BCUT2D eigenvalue weighted by Crippen LogP contribution is -2.24. The van der Waals surface area contributed by atoms with Crippen LogP contribution in [0.4, 0.5) is 15.8 Å². The molecule has 0 aliphatic carbocycles. The van der Waals surface area contributed by atoms with Gasteiger partial charge >= 0.3 is 0 Å². The van der Waals surface area contributed by atoms with E-state index < -0.39 is 11.9 Å². The molecule has 1 atom stereocenters. The van der Waals surface area contributed by atoms with Crippen LogP contribution in [0, 0.1) is 5.82 Å². The topological polar surface area (TPSA) is 72.9 Å². The van der Waals surface area contributed by atoms with Crippen LogP contribution in [0.3, 0.4) is 0 Å². The van der Waals surface area contributed by atoms with Crippen LogP contribution in [0.5, 0.6) is 0 Å². The first kappa shape index (κ1) is 13.5. The number of nitrogens with two attached hydrogens (primary N) is 1. The smallest absolute Gasteiger partial charge is 0.249 e. The molecule has 0 saturated heterocycles. The maximum Gasteiger partial charge on any atom is 0.249 e. The molecule has 1 aromatic carbocycles. The van der Waals surface area contributed by atoms with E-state index in [1.54, 1.807) is 19.3 Å². The number of carbonyl (C=O) groups is 1. The molecule has 3 N–H and O–H groups in total. The quantitative estimate of drug-likeness (QED) is 0.851. The van der Waals surface area contributed by atoms with Crippen molar-refractivity contribution in [2.75, 3.05) is 11.1 Å². The number of halogens is 2. The van der Waals surface area contributed by atoms with Gasteiger partial charge in [0.2, 0.25) is 5.91 Å². The van der Waals surface area contributed by atoms with Crippen LogP contribution in [0.2, 0.25) is 0 Å². The number of nitrogens with zero attached hydrogens (tertiary/aromatic N) is 2. The number of hydrogen-bond donors (Lipinski definition) is 2. The van der Waals surface area contributed by atoms with Crippen LogP contribution in [-0.4, -0.2) is 15.7 Å². The van der Waals surface area contributed by atoms with E-state index in [1.165, 1.54) is 22.9 Å². The number of aromatic nitrogens is 2. The summed E-state index contributed by atoms with van der Waals surface area (Å²) < 4.78 is 15.7. The van der Waals surface area contributed by atoms with Crippen molar-refractivity contribution in [1.82, 2.24) is 9.78 Å². The molecule has 0 bridgehead atoms. The minimum absolute atomic E-state index is 0.0584. The maximum atomic E-state index is 13.5. The van der Waals surface area contributed by atoms with Gasteiger partial charge in [-0.1, -0.05) is 0 Å². The number of anilines is 2. The number of hydrogen-bond acceptors (Lipinski definition) is 3. The number of nitrogen functional groups attached to an aromatic ring is 1. The average molecular weight is 327 g/mol. The summed E-state index contributed by atoms with van der Waals surface area (Å²) >= 11 is 3.25. The minimum Gasteiger partial charge on any atom is -0.399 e. The van der Waals surface area contributed by atoms with E-state index in [4.69, 9.17) is 5.73 Å². The molecule has 0 spiro atoms. The zero-order valence-corrected chi connectivity index (χ0v) is 11.7. The predicted octanol–water partition coefficient (Wildman–Crippen LogP) is 2.57. The van der Waals surface area contributed by atoms with Gasteiger partial charge in [-0.3, -0.25) is 9.48 Å². The summed E-state index contributed by atoms with van der Waals surface area (Å²) in [5.41, 5.74) is 5.99. The van der Waals surface area contributed by atoms with Gasteiger partial charge in [0.25, 0.3) is 0 Å². The Balaban J connectivity index is 2.14. The third kappa shape index (κ3) is 3.11. The van der Waals surface area contributed by atoms with Crippen LogP contribution < -0.4 is 11.1 Å². The second kappa shape index (κ2) is 5.40. The number of rotatable bonds is 3. The zero-order valence-electron chi connectivity index (χ0n) is 10.1. The van der Waals surface area contributed by atoms with Crippen molar-refractivity contribution in [3.05, 3.63) is 40.9 Å². The van der Waals surface area contributed by atoms with Crippen molar-refractivity contribution in [2.24, 2.45) is 0 Å². The van der Waals surface area contributed by atoms with Crippen molar-refractivity contribution in [1.29, 1.82) is 0 Å². The second-order valence-corrected chi connectivity index (χ2v) is 4.96. The van der Waals surface area contributed by atoms with Gasteiger partial charge in [-0.25, -0.2) is 4.39 Å². The first-order valence-electron chi connectivity index (χ1n) is 5.53. The molecule has 1 unspecified atom stereocenters. The third-order valence-electron chi connectivity index (χ3n) is 2.59. The molecule has 7 heteroatoms. The number of nitrogens with one attached hydrogen (secondary N) is 1. The molecule has 5 nitrogen and oxygen atoms in total. The van der Waals surface area contributed by atoms with Crippen LogP contribution >= 0.6 is 15.9 Å². The fourth-order valence-electron chi connectivity index (χ4n) is 1.52. The summed E-state index contributed by atoms with van der Waals surface area (Å²) in [4.78, 5) is 12.0. The molecule has 100 valence electrons. The summed E-state index contributed by atoms with van der Waals surface area (Å²) in [5, 5.41) is 6.50. The normalized spacial score (nSPS) is 12.2. The largest absolute Gasteiger partial charge is 0.399 e. The molecule has 2 aromatic rings. The molecule has 0 aliphatic heterocycles. The van der Waals surface area contributed by atoms with Gasteiger partial charge < -0.3 is 11.1 Å². The zero-order chi connectivity index (χ0) is 14.0. The van der Waals surface area contributed by atoms with Gasteiger partial charge in [-0.2, -0.15) is 5.10 Å². The molecule has 0 fully saturated rings. The lowest BCUT2D eigenvalue weighted by Gasteiger charge is -2.13. The Morgan fingerprint density at radius 3 is 2.95 bits per heavy atom. The van der Waals surface area contributed by atoms with E-state index in [0.717, 1.165) is 4.47 Å². The van der Waals surface area contributed by atoms with E-state index in [2.05, 4.69) is 26.3 Å². The SMILES string of the molecule is CC(C(=O)Nc1cc(N)ccc1F)n1cc(Br)cn1. The fourth-order valence-corrected chi connectivity index (χ4v) is 1.82. The van der Waals surface area contributed by atoms with Gasteiger partial charge in [0.05, 0.1) is 16.4 Å². The van der Waals surface area contributed by atoms with Gasteiger partial charge in [0.1, 0.15) is 11.9 Å². The summed E-state index contributed by atoms with van der Waals surface area (Å²) in [5.74, 6) is -0.906. The third-order valence-corrected chi connectivity index (χ3v) is 3.00. The molecular formula is C12H12BrFN4O. The van der Waals surface area contributed by atoms with E-state index >= 15 is 0 Å². The molecule has 0 aliphatic rings. The molecular weight excluding hydrogens is 315 g/mol. The standard InChI is InChI=1S/C12H12BrFN4O/c1-7(18-6-8(13)5-16-18)12(19)17-11-4-9(15)2-3-10(11)14/h2-7H,15H2,1H3,(H,17,19). The van der Waals surface area contributed by atoms with Crippen LogP contribution in [0.25, 0.3) is 0 Å². The Morgan fingerprint density at radius 2 is 2.32 bits per heavy atom. The van der Waals surface area contributed by atoms with E-state index in [9.17, 15) is 9.18 Å². The number of amides is 1. The van der Waals surface area contributed by atoms with E-state index in [-0.39, 0.29) is 11.6 Å². The van der Waals surface area contributed by atoms with Crippen molar-refractivity contribution in [2.45, 2.75) is 13.0 Å². The first-order valence-corrected chi connectivity index (χ1v) is 6.32. The molecule has 19 heavy (non-hydrogen) atoms. The summed E-state index contributed by atoms with van der Waals surface area (Å²) in [7, 11) is 0. The van der Waals surface area contributed by atoms with Gasteiger partial charge in [0.15, 0.2) is 0 Å². The number of carbonyl (C=O) groups excluding carboxylic acids is 1. The summed E-state index contributed by atoms with van der Waals surface area (Å²) in [6.07, 6.45) is 3.24. The first-order chi connectivity index (χ1) is 8.97. The Morgan fingerprint density at radius 1 is 1.58 bits per heavy atom. The van der Waals surface area contributed by atoms with Crippen LogP contribution in [0.1, 0.15) is 13.0 Å². The van der Waals surface area contributed by atoms with Crippen molar-refractivity contribution >= 4 is 33.2 Å². The highest BCUT2D eigenvalue weighted by Crippen LogP contribution is 2.19. The predicted molar refractivity (Wildman–Crippen MR) is 74.1 cm³/mol.